The van der Waals surface area contributed by atoms with Crippen molar-refractivity contribution in [1.29, 1.82) is 0 Å². The predicted octanol–water partition coefficient (Wildman–Crippen LogP) is 2.62. The monoisotopic (exact) mass is 226 g/mol. The minimum atomic E-state index is -0.393. The number of nitro groups is 1. The molecule has 0 heterocycles. The highest BCUT2D eigenvalue weighted by Gasteiger charge is 2.27. The van der Waals surface area contributed by atoms with Crippen LogP contribution in [0.4, 0.5) is 5.69 Å². The van der Waals surface area contributed by atoms with Gasteiger partial charge in [-0.25, -0.2) is 0 Å². The second-order valence-corrected chi connectivity index (χ2v) is 4.09. The van der Waals surface area contributed by atoms with E-state index in [0.717, 1.165) is 22.3 Å². The predicted molar refractivity (Wildman–Crippen MR) is 64.6 cm³/mol. The van der Waals surface area contributed by atoms with E-state index in [9.17, 15) is 10.1 Å². The Labute approximate surface area is 97.8 Å². The summed E-state index contributed by atoms with van der Waals surface area (Å²) in [5.74, 6) is 0. The van der Waals surface area contributed by atoms with Gasteiger partial charge >= 0.3 is 0 Å². The molecule has 2 aromatic rings. The van der Waals surface area contributed by atoms with Crippen molar-refractivity contribution < 1.29 is 4.92 Å². The van der Waals surface area contributed by atoms with Crippen LogP contribution in [0.5, 0.6) is 0 Å². The smallest absolute Gasteiger partial charge is 0.269 e. The van der Waals surface area contributed by atoms with Crippen molar-refractivity contribution in [3.05, 3.63) is 63.7 Å². The molecule has 4 nitrogen and oxygen atoms in total. The fourth-order valence-corrected chi connectivity index (χ4v) is 2.35. The number of benzene rings is 2. The first-order valence-electron chi connectivity index (χ1n) is 5.31. The van der Waals surface area contributed by atoms with Crippen LogP contribution in [0, 0.1) is 10.1 Å². The lowest BCUT2D eigenvalue weighted by molar-refractivity contribution is -0.384. The maximum Gasteiger partial charge on any atom is 0.269 e. The zero-order valence-corrected chi connectivity index (χ0v) is 8.96. The third-order valence-corrected chi connectivity index (χ3v) is 3.17. The molecule has 1 atom stereocenters. The molecule has 1 aliphatic rings. The van der Waals surface area contributed by atoms with Gasteiger partial charge in [-0.1, -0.05) is 24.3 Å². The molecule has 3 rings (SSSR count). The molecule has 0 amide bonds. The molecule has 1 aliphatic carbocycles. The van der Waals surface area contributed by atoms with Crippen LogP contribution in [0.25, 0.3) is 11.1 Å². The minimum absolute atomic E-state index is 0.0898. The molecule has 0 saturated carbocycles. The normalized spacial score (nSPS) is 16.4. The van der Waals surface area contributed by atoms with Crippen molar-refractivity contribution in [3.8, 4) is 11.1 Å². The first-order chi connectivity index (χ1) is 8.18. The fourth-order valence-electron chi connectivity index (χ4n) is 2.35. The molecular formula is C13H10N2O2. The van der Waals surface area contributed by atoms with Gasteiger partial charge in [0.15, 0.2) is 0 Å². The summed E-state index contributed by atoms with van der Waals surface area (Å²) in [5, 5.41) is 10.7. The van der Waals surface area contributed by atoms with Gasteiger partial charge in [-0.05, 0) is 28.3 Å². The SMILES string of the molecule is N[C@@H]1c2ccccc2-c2ccc([N+](=O)[O-])cc21. The maximum atomic E-state index is 10.7. The first kappa shape index (κ1) is 9.99. The van der Waals surface area contributed by atoms with Gasteiger partial charge in [-0.15, -0.1) is 0 Å². The van der Waals surface area contributed by atoms with Gasteiger partial charge < -0.3 is 5.73 Å². The Balaban J connectivity index is 2.24. The summed E-state index contributed by atoms with van der Waals surface area (Å²) < 4.78 is 0. The topological polar surface area (TPSA) is 69.2 Å². The fraction of sp³-hybridized carbons (Fsp3) is 0.0769. The van der Waals surface area contributed by atoms with Crippen LogP contribution in [0.2, 0.25) is 0 Å². The molecule has 0 radical (unpaired) electrons. The van der Waals surface area contributed by atoms with Crippen molar-refractivity contribution in [3.63, 3.8) is 0 Å². The number of hydrogen-bond donors (Lipinski definition) is 1. The number of non-ortho nitro benzene ring substituents is 1. The number of fused-ring (bicyclic) bond motifs is 3. The number of rotatable bonds is 1. The average Bonchev–Trinajstić information content (AvgIpc) is 2.64. The Kier molecular flexibility index (Phi) is 2.00. The third-order valence-electron chi connectivity index (χ3n) is 3.17. The van der Waals surface area contributed by atoms with Crippen LogP contribution in [0.15, 0.2) is 42.5 Å². The molecule has 17 heavy (non-hydrogen) atoms. The number of nitrogens with zero attached hydrogens (tertiary/aromatic N) is 1. The van der Waals surface area contributed by atoms with Gasteiger partial charge in [-0.3, -0.25) is 10.1 Å². The molecule has 0 unspecified atom stereocenters. The van der Waals surface area contributed by atoms with Gasteiger partial charge in [0.25, 0.3) is 5.69 Å². The van der Waals surface area contributed by atoms with Crippen LogP contribution in [-0.4, -0.2) is 4.92 Å². The van der Waals surface area contributed by atoms with E-state index in [4.69, 9.17) is 5.73 Å². The molecule has 84 valence electrons. The van der Waals surface area contributed by atoms with E-state index in [2.05, 4.69) is 0 Å². The molecule has 0 aromatic heterocycles. The highest BCUT2D eigenvalue weighted by molar-refractivity contribution is 5.79. The van der Waals surface area contributed by atoms with Crippen molar-refractivity contribution in [1.82, 2.24) is 0 Å². The molecule has 0 fully saturated rings. The number of hydrogen-bond acceptors (Lipinski definition) is 3. The van der Waals surface area contributed by atoms with Crippen molar-refractivity contribution >= 4 is 5.69 Å². The second kappa shape index (κ2) is 3.40. The van der Waals surface area contributed by atoms with Crippen molar-refractivity contribution in [2.75, 3.05) is 0 Å². The van der Waals surface area contributed by atoms with Crippen LogP contribution in [-0.2, 0) is 0 Å². The summed E-state index contributed by atoms with van der Waals surface area (Å²) in [7, 11) is 0. The van der Waals surface area contributed by atoms with Gasteiger partial charge in [0.2, 0.25) is 0 Å². The van der Waals surface area contributed by atoms with Gasteiger partial charge in [0.1, 0.15) is 0 Å². The van der Waals surface area contributed by atoms with Crippen molar-refractivity contribution in [2.45, 2.75) is 6.04 Å². The highest BCUT2D eigenvalue weighted by Crippen LogP contribution is 2.43. The standard InChI is InChI=1S/C13H10N2O2/c14-13-11-4-2-1-3-9(11)10-6-5-8(15(16)17)7-12(10)13/h1-7,13H,14H2/t13-/m1/s1. The van der Waals surface area contributed by atoms with E-state index < -0.39 is 4.92 Å². The van der Waals surface area contributed by atoms with Crippen LogP contribution in [0.3, 0.4) is 0 Å². The minimum Gasteiger partial charge on any atom is -0.320 e. The first-order valence-corrected chi connectivity index (χ1v) is 5.31. The molecule has 2 N–H and O–H groups in total. The Morgan fingerprint density at radius 3 is 2.53 bits per heavy atom. The highest BCUT2D eigenvalue weighted by atomic mass is 16.6. The van der Waals surface area contributed by atoms with Gasteiger partial charge in [0.05, 0.1) is 11.0 Å². The zero-order chi connectivity index (χ0) is 12.0. The Hall–Kier alpha value is -2.20. The molecular weight excluding hydrogens is 216 g/mol. The zero-order valence-electron chi connectivity index (χ0n) is 8.96. The van der Waals surface area contributed by atoms with E-state index in [1.165, 1.54) is 6.07 Å². The molecule has 0 spiro atoms. The van der Waals surface area contributed by atoms with E-state index >= 15 is 0 Å². The largest absolute Gasteiger partial charge is 0.320 e. The molecule has 2 aromatic carbocycles. The van der Waals surface area contributed by atoms with Gasteiger partial charge in [-0.2, -0.15) is 0 Å². The van der Waals surface area contributed by atoms with Crippen LogP contribution >= 0.6 is 0 Å². The Morgan fingerprint density at radius 1 is 1.06 bits per heavy atom. The Bertz CT molecular complexity index is 623. The van der Waals surface area contributed by atoms with E-state index in [-0.39, 0.29) is 11.7 Å². The van der Waals surface area contributed by atoms with Crippen LogP contribution in [0.1, 0.15) is 17.2 Å². The molecule has 0 aliphatic heterocycles. The summed E-state index contributed by atoms with van der Waals surface area (Å²) in [6, 6.07) is 12.4. The summed E-state index contributed by atoms with van der Waals surface area (Å²) in [6.07, 6.45) is 0. The summed E-state index contributed by atoms with van der Waals surface area (Å²) in [6.45, 7) is 0. The lowest BCUT2D eigenvalue weighted by Gasteiger charge is -2.05. The molecule has 4 heteroatoms. The quantitative estimate of drug-likeness (QED) is 0.600. The van der Waals surface area contributed by atoms with E-state index in [1.807, 2.05) is 24.3 Å². The lowest BCUT2D eigenvalue weighted by Crippen LogP contribution is -2.08. The molecule has 0 bridgehead atoms. The third kappa shape index (κ3) is 1.34. The van der Waals surface area contributed by atoms with E-state index in [0.29, 0.717) is 0 Å². The lowest BCUT2D eigenvalue weighted by atomic mass is 10.1. The molecule has 0 saturated heterocycles. The number of nitrogens with two attached hydrogens (primary N) is 1. The van der Waals surface area contributed by atoms with Crippen LogP contribution < -0.4 is 5.73 Å². The number of nitro benzene ring substituents is 1. The Morgan fingerprint density at radius 2 is 1.76 bits per heavy atom. The summed E-state index contributed by atoms with van der Waals surface area (Å²) in [4.78, 5) is 10.4. The second-order valence-electron chi connectivity index (χ2n) is 4.09. The maximum absolute atomic E-state index is 10.7. The van der Waals surface area contributed by atoms with Crippen molar-refractivity contribution in [2.24, 2.45) is 5.73 Å². The average molecular weight is 226 g/mol. The van der Waals surface area contributed by atoms with E-state index in [1.54, 1.807) is 12.1 Å². The summed E-state index contributed by atoms with van der Waals surface area (Å²) in [5.41, 5.74) is 10.1. The summed E-state index contributed by atoms with van der Waals surface area (Å²) >= 11 is 0. The van der Waals surface area contributed by atoms with Gasteiger partial charge in [0, 0.05) is 12.1 Å².